The molecule has 2 heterocycles. The highest BCUT2D eigenvalue weighted by molar-refractivity contribution is 5.47. The van der Waals surface area contributed by atoms with Crippen LogP contribution in [0.25, 0.3) is 0 Å². The summed E-state index contributed by atoms with van der Waals surface area (Å²) in [4.78, 5) is 6.26. The summed E-state index contributed by atoms with van der Waals surface area (Å²) in [7, 11) is 0. The minimum Gasteiger partial charge on any atom is -0.368 e. The molecule has 1 aromatic heterocycles. The second-order valence-corrected chi connectivity index (χ2v) is 4.06. The highest BCUT2D eigenvalue weighted by Gasteiger charge is 2.26. The number of aromatic nitrogens is 1. The van der Waals surface area contributed by atoms with E-state index in [9.17, 15) is 0 Å². The molecule has 15 heavy (non-hydrogen) atoms. The Kier molecular flexibility index (Phi) is 2.57. The lowest BCUT2D eigenvalue weighted by Gasteiger charge is -2.17. The van der Waals surface area contributed by atoms with Crippen molar-refractivity contribution in [1.82, 2.24) is 4.98 Å². The summed E-state index contributed by atoms with van der Waals surface area (Å²) in [6.07, 6.45) is 1.74. The molecular weight excluding hydrogens is 188 g/mol. The van der Waals surface area contributed by atoms with E-state index in [1.54, 1.807) is 12.3 Å². The van der Waals surface area contributed by atoms with Gasteiger partial charge in [-0.1, -0.05) is 6.92 Å². The zero-order valence-electron chi connectivity index (χ0n) is 8.72. The molecule has 0 spiro atoms. The first-order chi connectivity index (χ1) is 7.20. The molecule has 0 bridgehead atoms. The fourth-order valence-corrected chi connectivity index (χ4v) is 1.84. The van der Waals surface area contributed by atoms with Gasteiger partial charge >= 0.3 is 0 Å². The van der Waals surface area contributed by atoms with Crippen molar-refractivity contribution in [3.8, 4) is 6.07 Å². The Morgan fingerprint density at radius 1 is 1.53 bits per heavy atom. The van der Waals surface area contributed by atoms with Gasteiger partial charge in [0.15, 0.2) is 0 Å². The van der Waals surface area contributed by atoms with E-state index in [2.05, 4.69) is 16.8 Å². The van der Waals surface area contributed by atoms with E-state index in [1.807, 2.05) is 12.1 Å². The molecule has 0 amide bonds. The number of hydrogen-bond acceptors (Lipinski definition) is 4. The minimum atomic E-state index is 0.237. The molecule has 2 rings (SSSR count). The molecule has 2 N–H and O–H groups in total. The third kappa shape index (κ3) is 1.92. The first-order valence-electron chi connectivity index (χ1n) is 5.07. The molecule has 2 atom stereocenters. The number of nitriles is 1. The summed E-state index contributed by atoms with van der Waals surface area (Å²) in [5, 5.41) is 8.63. The number of nitrogens with zero attached hydrogens (tertiary/aromatic N) is 3. The largest absolute Gasteiger partial charge is 0.368 e. The van der Waals surface area contributed by atoms with Crippen LogP contribution in [-0.2, 0) is 0 Å². The quantitative estimate of drug-likeness (QED) is 0.729. The second kappa shape index (κ2) is 3.87. The maximum Gasteiger partial charge on any atom is 0.140 e. The molecule has 4 heteroatoms. The average Bonchev–Trinajstić information content (AvgIpc) is 2.59. The van der Waals surface area contributed by atoms with Gasteiger partial charge in [-0.15, -0.1) is 0 Å². The summed E-state index contributed by atoms with van der Waals surface area (Å²) >= 11 is 0. The molecule has 1 aliphatic heterocycles. The maximum atomic E-state index is 8.63. The van der Waals surface area contributed by atoms with E-state index in [-0.39, 0.29) is 6.04 Å². The van der Waals surface area contributed by atoms with Gasteiger partial charge in [-0.2, -0.15) is 5.26 Å². The van der Waals surface area contributed by atoms with Crippen molar-refractivity contribution in [3.05, 3.63) is 24.0 Å². The van der Waals surface area contributed by atoms with Crippen molar-refractivity contribution >= 4 is 5.69 Å². The zero-order valence-corrected chi connectivity index (χ0v) is 8.72. The van der Waals surface area contributed by atoms with Gasteiger partial charge in [-0.25, -0.2) is 4.98 Å². The Hall–Kier alpha value is -1.60. The van der Waals surface area contributed by atoms with Gasteiger partial charge in [-0.05, 0) is 18.1 Å². The molecule has 0 radical (unpaired) electrons. The van der Waals surface area contributed by atoms with Gasteiger partial charge in [0, 0.05) is 19.1 Å². The maximum absolute atomic E-state index is 8.63. The zero-order chi connectivity index (χ0) is 10.8. The number of pyridine rings is 1. The van der Waals surface area contributed by atoms with Crippen molar-refractivity contribution in [2.24, 2.45) is 11.7 Å². The smallest absolute Gasteiger partial charge is 0.140 e. The topological polar surface area (TPSA) is 65.9 Å². The molecule has 0 aromatic carbocycles. The Morgan fingerprint density at radius 3 is 2.80 bits per heavy atom. The van der Waals surface area contributed by atoms with Crippen molar-refractivity contribution in [1.29, 1.82) is 5.26 Å². The molecule has 1 aromatic rings. The molecule has 0 saturated carbocycles. The molecule has 78 valence electrons. The first-order valence-corrected chi connectivity index (χ1v) is 5.07. The monoisotopic (exact) mass is 202 g/mol. The lowest BCUT2D eigenvalue weighted by molar-refractivity contribution is 0.566. The van der Waals surface area contributed by atoms with Gasteiger partial charge in [-0.3, -0.25) is 0 Å². The molecule has 1 aliphatic rings. The summed E-state index contributed by atoms with van der Waals surface area (Å²) in [6.45, 7) is 3.99. The van der Waals surface area contributed by atoms with Crippen molar-refractivity contribution in [3.63, 3.8) is 0 Å². The van der Waals surface area contributed by atoms with Gasteiger partial charge in [0.2, 0.25) is 0 Å². The van der Waals surface area contributed by atoms with Gasteiger partial charge in [0.05, 0.1) is 11.9 Å². The third-order valence-corrected chi connectivity index (χ3v) is 2.90. The van der Waals surface area contributed by atoms with E-state index in [1.165, 1.54) is 0 Å². The average molecular weight is 202 g/mol. The first kappa shape index (κ1) is 9.94. The normalized spacial score (nSPS) is 25.3. The van der Waals surface area contributed by atoms with Crippen LogP contribution < -0.4 is 10.6 Å². The van der Waals surface area contributed by atoms with E-state index >= 15 is 0 Å². The standard InChI is InChI=1S/C11H14N4/c1-8-6-15(7-11(8)13)10-3-2-9(4-12)14-5-10/h2-3,5,8,11H,6-7,13H2,1H3. The second-order valence-electron chi connectivity index (χ2n) is 4.06. The van der Waals surface area contributed by atoms with Crippen LogP contribution in [0, 0.1) is 17.2 Å². The van der Waals surface area contributed by atoms with E-state index in [0.717, 1.165) is 18.8 Å². The van der Waals surface area contributed by atoms with E-state index in [0.29, 0.717) is 11.6 Å². The minimum absolute atomic E-state index is 0.237. The molecule has 1 fully saturated rings. The fourth-order valence-electron chi connectivity index (χ4n) is 1.84. The Morgan fingerprint density at radius 2 is 2.33 bits per heavy atom. The molecule has 0 aliphatic carbocycles. The van der Waals surface area contributed by atoms with Crippen LogP contribution in [0.3, 0.4) is 0 Å². The van der Waals surface area contributed by atoms with Crippen LogP contribution in [0.2, 0.25) is 0 Å². The van der Waals surface area contributed by atoms with Crippen molar-refractivity contribution in [2.45, 2.75) is 13.0 Å². The van der Waals surface area contributed by atoms with Gasteiger partial charge < -0.3 is 10.6 Å². The van der Waals surface area contributed by atoms with E-state index in [4.69, 9.17) is 11.0 Å². The third-order valence-electron chi connectivity index (χ3n) is 2.90. The van der Waals surface area contributed by atoms with Crippen LogP contribution in [-0.4, -0.2) is 24.1 Å². The Bertz CT molecular complexity index is 369. The van der Waals surface area contributed by atoms with Crippen LogP contribution >= 0.6 is 0 Å². The lowest BCUT2D eigenvalue weighted by atomic mass is 10.1. The van der Waals surface area contributed by atoms with Gasteiger partial charge in [0.25, 0.3) is 0 Å². The fraction of sp³-hybridized carbons (Fsp3) is 0.455. The van der Waals surface area contributed by atoms with Crippen molar-refractivity contribution < 1.29 is 0 Å². The Labute approximate surface area is 89.3 Å². The van der Waals surface area contributed by atoms with Crippen LogP contribution in [0.15, 0.2) is 18.3 Å². The number of nitrogens with two attached hydrogens (primary N) is 1. The van der Waals surface area contributed by atoms with Crippen molar-refractivity contribution in [2.75, 3.05) is 18.0 Å². The summed E-state index contributed by atoms with van der Waals surface area (Å²) in [5.41, 5.74) is 7.45. The predicted molar refractivity (Wildman–Crippen MR) is 58.3 cm³/mol. The Balaban J connectivity index is 2.14. The predicted octanol–water partition coefficient (Wildman–Crippen LogP) is 0.737. The summed E-state index contributed by atoms with van der Waals surface area (Å²) in [5.74, 6) is 0.514. The molecular formula is C11H14N4. The van der Waals surface area contributed by atoms with E-state index < -0.39 is 0 Å². The van der Waals surface area contributed by atoms with Crippen LogP contribution in [0.4, 0.5) is 5.69 Å². The lowest BCUT2D eigenvalue weighted by Crippen LogP contribution is -2.28. The molecule has 1 saturated heterocycles. The van der Waals surface area contributed by atoms with Crippen LogP contribution in [0.1, 0.15) is 12.6 Å². The SMILES string of the molecule is CC1CN(c2ccc(C#N)nc2)CC1N. The summed E-state index contributed by atoms with van der Waals surface area (Å²) < 4.78 is 0. The number of rotatable bonds is 1. The number of hydrogen-bond donors (Lipinski definition) is 1. The van der Waals surface area contributed by atoms with Gasteiger partial charge in [0.1, 0.15) is 11.8 Å². The van der Waals surface area contributed by atoms with Crippen LogP contribution in [0.5, 0.6) is 0 Å². The molecule has 4 nitrogen and oxygen atoms in total. The highest BCUT2D eigenvalue weighted by Crippen LogP contribution is 2.22. The number of anilines is 1. The molecule has 2 unspecified atom stereocenters. The highest BCUT2D eigenvalue weighted by atomic mass is 15.2. The summed E-state index contributed by atoms with van der Waals surface area (Å²) in [6, 6.07) is 5.91.